The molecule has 0 aliphatic carbocycles. The second kappa shape index (κ2) is 2.60. The van der Waals surface area contributed by atoms with E-state index in [-0.39, 0.29) is 0 Å². The highest BCUT2D eigenvalue weighted by atomic mass is 79.9. The maximum Gasteiger partial charge on any atom is 0.131 e. The summed E-state index contributed by atoms with van der Waals surface area (Å²) < 4.78 is 8.25. The molecule has 60 valence electrons. The Morgan fingerprint density at radius 1 is 1.64 bits per heavy atom. The van der Waals surface area contributed by atoms with Crippen molar-refractivity contribution in [2.24, 2.45) is 0 Å². The molecule has 11 heavy (non-hydrogen) atoms. The van der Waals surface area contributed by atoms with Crippen LogP contribution in [0.5, 0.6) is 0 Å². The zero-order chi connectivity index (χ0) is 7.84. The number of hydrogen-bond donors (Lipinski definition) is 0. The van der Waals surface area contributed by atoms with Crippen molar-refractivity contribution in [1.82, 2.24) is 9.78 Å². The Balaban J connectivity index is 2.50. The van der Waals surface area contributed by atoms with Crippen molar-refractivity contribution in [3.8, 4) is 0 Å². The van der Waals surface area contributed by atoms with E-state index >= 15 is 0 Å². The molecule has 1 aromatic heterocycles. The van der Waals surface area contributed by atoms with Crippen molar-refractivity contribution in [3.05, 3.63) is 15.9 Å². The predicted octanol–water partition coefficient (Wildman–Crippen LogP) is 1.48. The van der Waals surface area contributed by atoms with Crippen molar-refractivity contribution in [2.75, 3.05) is 6.61 Å². The quantitative estimate of drug-likeness (QED) is 0.658. The molecule has 0 fully saturated rings. The highest BCUT2D eigenvalue weighted by Crippen LogP contribution is 2.21. The summed E-state index contributed by atoms with van der Waals surface area (Å²) in [6.45, 7) is 4.41. The summed E-state index contributed by atoms with van der Waals surface area (Å²) in [4.78, 5) is 0. The first kappa shape index (κ1) is 7.31. The van der Waals surface area contributed by atoms with Crippen molar-refractivity contribution >= 4 is 15.9 Å². The minimum Gasteiger partial charge on any atom is -0.373 e. The van der Waals surface area contributed by atoms with Gasteiger partial charge in [-0.2, -0.15) is 5.10 Å². The molecule has 1 aliphatic rings. The van der Waals surface area contributed by atoms with Crippen LogP contribution in [0, 0.1) is 6.92 Å². The summed E-state index contributed by atoms with van der Waals surface area (Å²) in [6.07, 6.45) is 0. The predicted molar refractivity (Wildman–Crippen MR) is 44.3 cm³/mol. The summed E-state index contributed by atoms with van der Waals surface area (Å²) in [5, 5.41) is 4.30. The van der Waals surface area contributed by atoms with Crippen LogP contribution in [0.4, 0.5) is 0 Å². The fraction of sp³-hybridized carbons (Fsp3) is 0.571. The molecule has 0 N–H and O–H groups in total. The maximum absolute atomic E-state index is 5.31. The average Bonchev–Trinajstić information content (AvgIpc) is 2.30. The maximum atomic E-state index is 5.31. The molecule has 2 heterocycles. The average molecular weight is 217 g/mol. The van der Waals surface area contributed by atoms with E-state index in [2.05, 4.69) is 28.0 Å². The second-order valence-corrected chi connectivity index (χ2v) is 3.39. The first-order valence-corrected chi connectivity index (χ1v) is 4.38. The number of nitrogens with zero attached hydrogens (tertiary/aromatic N) is 2. The van der Waals surface area contributed by atoms with Crippen LogP contribution in [-0.2, 0) is 17.9 Å². The summed E-state index contributed by atoms with van der Waals surface area (Å²) in [5.41, 5.74) is 2.40. The lowest BCUT2D eigenvalue weighted by molar-refractivity contribution is 0.0795. The molecule has 0 radical (unpaired) electrons. The monoisotopic (exact) mass is 216 g/mol. The van der Waals surface area contributed by atoms with E-state index < -0.39 is 0 Å². The number of aromatic nitrogens is 2. The van der Waals surface area contributed by atoms with Gasteiger partial charge >= 0.3 is 0 Å². The van der Waals surface area contributed by atoms with Gasteiger partial charge in [0.15, 0.2) is 0 Å². The number of fused-ring (bicyclic) bond motifs is 1. The van der Waals surface area contributed by atoms with Crippen molar-refractivity contribution in [3.63, 3.8) is 0 Å². The van der Waals surface area contributed by atoms with Crippen LogP contribution >= 0.6 is 15.9 Å². The summed E-state index contributed by atoms with van der Waals surface area (Å²) in [7, 11) is 0. The minimum atomic E-state index is 0.699. The topological polar surface area (TPSA) is 27.1 Å². The van der Waals surface area contributed by atoms with Crippen LogP contribution in [0.2, 0.25) is 0 Å². The molecule has 0 aromatic carbocycles. The number of ether oxygens (including phenoxy) is 1. The van der Waals surface area contributed by atoms with Gasteiger partial charge in [0, 0.05) is 5.56 Å². The Kier molecular flexibility index (Phi) is 1.73. The van der Waals surface area contributed by atoms with E-state index in [1.165, 1.54) is 11.3 Å². The SMILES string of the molecule is Cc1c(Br)nn2c1COCC2. The lowest BCUT2D eigenvalue weighted by Gasteiger charge is -2.14. The van der Waals surface area contributed by atoms with Crippen molar-refractivity contribution < 1.29 is 4.74 Å². The molecule has 0 saturated carbocycles. The van der Waals surface area contributed by atoms with Crippen LogP contribution in [0.15, 0.2) is 4.60 Å². The molecule has 0 saturated heterocycles. The number of halogens is 1. The van der Waals surface area contributed by atoms with Gasteiger partial charge in [-0.05, 0) is 22.9 Å². The van der Waals surface area contributed by atoms with Crippen LogP contribution in [0.1, 0.15) is 11.3 Å². The van der Waals surface area contributed by atoms with E-state index in [0.29, 0.717) is 6.61 Å². The van der Waals surface area contributed by atoms with E-state index in [0.717, 1.165) is 17.8 Å². The van der Waals surface area contributed by atoms with Crippen molar-refractivity contribution in [1.29, 1.82) is 0 Å². The number of rotatable bonds is 0. The Bertz CT molecular complexity index is 282. The van der Waals surface area contributed by atoms with Gasteiger partial charge in [-0.15, -0.1) is 0 Å². The Morgan fingerprint density at radius 3 is 3.18 bits per heavy atom. The van der Waals surface area contributed by atoms with Crippen LogP contribution in [0.25, 0.3) is 0 Å². The molecular weight excluding hydrogens is 208 g/mol. The minimum absolute atomic E-state index is 0.699. The van der Waals surface area contributed by atoms with Crippen LogP contribution in [0.3, 0.4) is 0 Å². The molecule has 0 unspecified atom stereocenters. The molecule has 0 atom stereocenters. The van der Waals surface area contributed by atoms with Crippen LogP contribution in [-0.4, -0.2) is 16.4 Å². The molecule has 1 aliphatic heterocycles. The largest absolute Gasteiger partial charge is 0.373 e. The third-order valence-electron chi connectivity index (χ3n) is 1.95. The van der Waals surface area contributed by atoms with Gasteiger partial charge in [0.1, 0.15) is 4.60 Å². The van der Waals surface area contributed by atoms with E-state index in [4.69, 9.17) is 4.74 Å². The fourth-order valence-electron chi connectivity index (χ4n) is 1.24. The van der Waals surface area contributed by atoms with Gasteiger partial charge in [0.05, 0.1) is 25.5 Å². The highest BCUT2D eigenvalue weighted by Gasteiger charge is 2.15. The fourth-order valence-corrected chi connectivity index (χ4v) is 1.66. The van der Waals surface area contributed by atoms with Gasteiger partial charge in [-0.25, -0.2) is 0 Å². The summed E-state index contributed by atoms with van der Waals surface area (Å²) in [6, 6.07) is 0. The highest BCUT2D eigenvalue weighted by molar-refractivity contribution is 9.10. The molecule has 3 nitrogen and oxygen atoms in total. The third kappa shape index (κ3) is 1.10. The first-order valence-electron chi connectivity index (χ1n) is 3.58. The molecule has 0 bridgehead atoms. The van der Waals surface area contributed by atoms with Crippen molar-refractivity contribution in [2.45, 2.75) is 20.1 Å². The van der Waals surface area contributed by atoms with Gasteiger partial charge < -0.3 is 4.74 Å². The second-order valence-electron chi connectivity index (χ2n) is 2.64. The Morgan fingerprint density at radius 2 is 2.45 bits per heavy atom. The summed E-state index contributed by atoms with van der Waals surface area (Å²) in [5.74, 6) is 0. The van der Waals surface area contributed by atoms with Crippen LogP contribution < -0.4 is 0 Å². The van der Waals surface area contributed by atoms with Gasteiger partial charge in [-0.1, -0.05) is 0 Å². The zero-order valence-electron chi connectivity index (χ0n) is 6.30. The first-order chi connectivity index (χ1) is 5.29. The standard InChI is InChI=1S/C7H9BrN2O/c1-5-6-4-11-3-2-10(6)9-7(5)8/h2-4H2,1H3. The summed E-state index contributed by atoms with van der Waals surface area (Å²) >= 11 is 3.39. The molecular formula is C7H9BrN2O. The van der Waals surface area contributed by atoms with E-state index in [1.807, 2.05) is 4.68 Å². The van der Waals surface area contributed by atoms with Gasteiger partial charge in [0.2, 0.25) is 0 Å². The normalized spacial score (nSPS) is 16.5. The molecule has 4 heteroatoms. The molecule has 1 aromatic rings. The third-order valence-corrected chi connectivity index (χ3v) is 2.70. The Hall–Kier alpha value is -0.350. The zero-order valence-corrected chi connectivity index (χ0v) is 7.89. The molecule has 2 rings (SSSR count). The molecule has 0 spiro atoms. The molecule has 0 amide bonds. The lowest BCUT2D eigenvalue weighted by atomic mass is 10.3. The van der Waals surface area contributed by atoms with E-state index in [9.17, 15) is 0 Å². The lowest BCUT2D eigenvalue weighted by Crippen LogP contribution is -2.17. The van der Waals surface area contributed by atoms with E-state index in [1.54, 1.807) is 0 Å². The Labute approximate surface area is 73.5 Å². The van der Waals surface area contributed by atoms with Gasteiger partial charge in [0.25, 0.3) is 0 Å². The number of hydrogen-bond acceptors (Lipinski definition) is 2. The van der Waals surface area contributed by atoms with Gasteiger partial charge in [-0.3, -0.25) is 4.68 Å². The smallest absolute Gasteiger partial charge is 0.131 e.